The van der Waals surface area contributed by atoms with E-state index < -0.39 is 11.8 Å². The molecule has 0 radical (unpaired) electrons. The Labute approximate surface area is 138 Å². The maximum Gasteiger partial charge on any atom is 0.319 e. The normalized spacial score (nSPS) is 9.71. The highest BCUT2D eigenvalue weighted by Crippen LogP contribution is 2.15. The van der Waals surface area contributed by atoms with Crippen molar-refractivity contribution in [3.8, 4) is 6.07 Å². The Kier molecular flexibility index (Phi) is 5.47. The number of nitrogens with zero attached hydrogens (tertiary/aromatic N) is 1. The Balaban J connectivity index is 1.94. The molecule has 0 spiro atoms. The molecule has 122 valence electrons. The number of amides is 3. The number of carbonyl (C=O) groups is 2. The molecule has 24 heavy (non-hydrogen) atoms. The maximum atomic E-state index is 13.0. The lowest BCUT2D eigenvalue weighted by Crippen LogP contribution is -2.28. The van der Waals surface area contributed by atoms with Gasteiger partial charge in [0.1, 0.15) is 11.9 Å². The number of halogens is 1. The van der Waals surface area contributed by atoms with E-state index in [9.17, 15) is 14.0 Å². The molecule has 3 amide bonds. The van der Waals surface area contributed by atoms with Crippen LogP contribution in [0.5, 0.6) is 0 Å². The van der Waals surface area contributed by atoms with Crippen molar-refractivity contribution in [1.82, 2.24) is 10.6 Å². The number of anilines is 1. The average Bonchev–Trinajstić information content (AvgIpc) is 2.61. The summed E-state index contributed by atoms with van der Waals surface area (Å²) in [4.78, 5) is 23.3. The first-order chi connectivity index (χ1) is 11.5. The number of hydrogen-bond donors (Lipinski definition) is 3. The van der Waals surface area contributed by atoms with Crippen LogP contribution in [0.1, 0.15) is 21.5 Å². The first-order valence-corrected chi connectivity index (χ1v) is 7.09. The van der Waals surface area contributed by atoms with E-state index in [1.807, 2.05) is 6.07 Å². The summed E-state index contributed by atoms with van der Waals surface area (Å²) in [5, 5.41) is 16.6. The van der Waals surface area contributed by atoms with E-state index in [4.69, 9.17) is 5.26 Å². The molecule has 3 N–H and O–H groups in total. The first kappa shape index (κ1) is 17.0. The highest BCUT2D eigenvalue weighted by atomic mass is 19.1. The molecule has 0 heterocycles. The fourth-order valence-electron chi connectivity index (χ4n) is 1.99. The van der Waals surface area contributed by atoms with Crippen LogP contribution >= 0.6 is 0 Å². The van der Waals surface area contributed by atoms with Crippen molar-refractivity contribution >= 4 is 17.6 Å². The van der Waals surface area contributed by atoms with Crippen LogP contribution in [-0.4, -0.2) is 19.0 Å². The van der Waals surface area contributed by atoms with Crippen LogP contribution in [0.4, 0.5) is 14.9 Å². The molecular weight excluding hydrogens is 311 g/mol. The lowest BCUT2D eigenvalue weighted by molar-refractivity contribution is 0.0963. The van der Waals surface area contributed by atoms with Gasteiger partial charge in [0.15, 0.2) is 0 Å². The zero-order valence-corrected chi connectivity index (χ0v) is 12.9. The molecule has 0 aromatic heterocycles. The van der Waals surface area contributed by atoms with E-state index >= 15 is 0 Å². The molecule has 0 aliphatic heterocycles. The Morgan fingerprint density at radius 3 is 2.50 bits per heavy atom. The number of hydrogen-bond acceptors (Lipinski definition) is 3. The SMILES string of the molecule is CNC(=O)c1ccc(CNC(=O)Nc2ccc(F)cc2C#N)cc1. The Hall–Kier alpha value is -3.40. The summed E-state index contributed by atoms with van der Waals surface area (Å²) in [6.07, 6.45) is 0. The van der Waals surface area contributed by atoms with E-state index in [1.54, 1.807) is 31.3 Å². The average molecular weight is 326 g/mol. The van der Waals surface area contributed by atoms with Gasteiger partial charge in [0.25, 0.3) is 5.91 Å². The van der Waals surface area contributed by atoms with Gasteiger partial charge in [-0.3, -0.25) is 4.79 Å². The van der Waals surface area contributed by atoms with Crippen LogP contribution in [0.25, 0.3) is 0 Å². The van der Waals surface area contributed by atoms with Crippen LogP contribution in [0.15, 0.2) is 42.5 Å². The van der Waals surface area contributed by atoms with E-state index in [0.29, 0.717) is 5.56 Å². The van der Waals surface area contributed by atoms with Gasteiger partial charge < -0.3 is 16.0 Å². The van der Waals surface area contributed by atoms with E-state index in [-0.39, 0.29) is 23.7 Å². The van der Waals surface area contributed by atoms with Gasteiger partial charge in [0.2, 0.25) is 0 Å². The fourth-order valence-corrected chi connectivity index (χ4v) is 1.99. The van der Waals surface area contributed by atoms with Crippen LogP contribution in [-0.2, 0) is 6.54 Å². The Morgan fingerprint density at radius 1 is 1.17 bits per heavy atom. The summed E-state index contributed by atoms with van der Waals surface area (Å²) >= 11 is 0. The summed E-state index contributed by atoms with van der Waals surface area (Å²) in [6.45, 7) is 0.239. The predicted octanol–water partition coefficient (Wildman–Crippen LogP) is 2.38. The van der Waals surface area contributed by atoms with Gasteiger partial charge in [-0.05, 0) is 35.9 Å². The minimum atomic E-state index is -0.547. The highest BCUT2D eigenvalue weighted by Gasteiger charge is 2.08. The summed E-state index contributed by atoms with van der Waals surface area (Å²) in [7, 11) is 1.55. The molecule has 0 atom stereocenters. The van der Waals surface area contributed by atoms with E-state index in [2.05, 4.69) is 16.0 Å². The van der Waals surface area contributed by atoms with Gasteiger partial charge in [-0.1, -0.05) is 12.1 Å². The minimum absolute atomic E-state index is 0.0417. The lowest BCUT2D eigenvalue weighted by Gasteiger charge is -2.09. The highest BCUT2D eigenvalue weighted by molar-refractivity contribution is 5.94. The molecule has 6 nitrogen and oxygen atoms in total. The number of nitrogens with one attached hydrogen (secondary N) is 3. The molecule has 0 aliphatic carbocycles. The number of rotatable bonds is 4. The van der Waals surface area contributed by atoms with Crippen molar-refractivity contribution in [2.24, 2.45) is 0 Å². The second kappa shape index (κ2) is 7.74. The van der Waals surface area contributed by atoms with Crippen LogP contribution in [0.3, 0.4) is 0 Å². The Morgan fingerprint density at radius 2 is 1.88 bits per heavy atom. The first-order valence-electron chi connectivity index (χ1n) is 7.09. The fraction of sp³-hybridized carbons (Fsp3) is 0.118. The van der Waals surface area contributed by atoms with Gasteiger partial charge in [-0.25, -0.2) is 9.18 Å². The Bertz CT molecular complexity index is 797. The van der Waals surface area contributed by atoms with Crippen molar-refractivity contribution in [3.05, 3.63) is 65.0 Å². The molecule has 2 rings (SSSR count). The smallest absolute Gasteiger partial charge is 0.319 e. The third kappa shape index (κ3) is 4.30. The van der Waals surface area contributed by atoms with Crippen LogP contribution < -0.4 is 16.0 Å². The largest absolute Gasteiger partial charge is 0.355 e. The molecule has 0 saturated heterocycles. The van der Waals surface area contributed by atoms with Gasteiger partial charge in [-0.2, -0.15) is 5.26 Å². The predicted molar refractivity (Wildman–Crippen MR) is 86.8 cm³/mol. The number of urea groups is 1. The summed E-state index contributed by atoms with van der Waals surface area (Å²) in [6, 6.07) is 11.6. The standard InChI is InChI=1S/C17H15FN4O2/c1-20-16(23)12-4-2-11(3-5-12)10-21-17(24)22-15-7-6-14(18)8-13(15)9-19/h2-8H,10H2,1H3,(H,20,23)(H2,21,22,24). The van der Waals surface area contributed by atoms with E-state index in [0.717, 1.165) is 17.7 Å². The zero-order valence-electron chi connectivity index (χ0n) is 12.9. The van der Waals surface area contributed by atoms with Gasteiger partial charge in [0.05, 0.1) is 11.3 Å². The number of benzene rings is 2. The third-order valence-corrected chi connectivity index (χ3v) is 3.25. The van der Waals surface area contributed by atoms with Gasteiger partial charge >= 0.3 is 6.03 Å². The van der Waals surface area contributed by atoms with Gasteiger partial charge in [0, 0.05) is 19.2 Å². The topological polar surface area (TPSA) is 94.0 Å². The molecule has 2 aromatic carbocycles. The summed E-state index contributed by atoms with van der Waals surface area (Å²) in [5.74, 6) is -0.735. The van der Waals surface area contributed by atoms with Crippen molar-refractivity contribution in [3.63, 3.8) is 0 Å². The molecule has 0 saturated carbocycles. The molecule has 0 fully saturated rings. The summed E-state index contributed by atoms with van der Waals surface area (Å²) < 4.78 is 13.0. The molecular formula is C17H15FN4O2. The molecule has 2 aromatic rings. The second-order valence-electron chi connectivity index (χ2n) is 4.89. The molecule has 0 unspecified atom stereocenters. The van der Waals surface area contributed by atoms with Crippen molar-refractivity contribution in [2.75, 3.05) is 12.4 Å². The van der Waals surface area contributed by atoms with Crippen molar-refractivity contribution in [2.45, 2.75) is 6.54 Å². The summed E-state index contributed by atoms with van der Waals surface area (Å²) in [5.41, 5.74) is 1.60. The maximum absolute atomic E-state index is 13.0. The molecule has 0 aliphatic rings. The van der Waals surface area contributed by atoms with Gasteiger partial charge in [-0.15, -0.1) is 0 Å². The quantitative estimate of drug-likeness (QED) is 0.805. The monoisotopic (exact) mass is 326 g/mol. The van der Waals surface area contributed by atoms with Crippen molar-refractivity contribution in [1.29, 1.82) is 5.26 Å². The zero-order chi connectivity index (χ0) is 17.5. The van der Waals surface area contributed by atoms with Crippen LogP contribution in [0.2, 0.25) is 0 Å². The number of carbonyl (C=O) groups excluding carboxylic acids is 2. The minimum Gasteiger partial charge on any atom is -0.355 e. The third-order valence-electron chi connectivity index (χ3n) is 3.25. The number of nitriles is 1. The molecule has 0 bridgehead atoms. The van der Waals surface area contributed by atoms with E-state index in [1.165, 1.54) is 6.07 Å². The van der Waals surface area contributed by atoms with Crippen molar-refractivity contribution < 1.29 is 14.0 Å². The van der Waals surface area contributed by atoms with Crippen LogP contribution in [0, 0.1) is 17.1 Å². The molecule has 7 heteroatoms. The lowest BCUT2D eigenvalue weighted by atomic mass is 10.1. The second-order valence-corrected chi connectivity index (χ2v) is 4.89.